The van der Waals surface area contributed by atoms with Crippen molar-refractivity contribution in [3.63, 3.8) is 0 Å². The molecule has 0 bridgehead atoms. The van der Waals surface area contributed by atoms with Crippen molar-refractivity contribution in [2.24, 2.45) is 10.7 Å². The number of carbonyl (C=O) groups is 1. The molecule has 6 nitrogen and oxygen atoms in total. The van der Waals surface area contributed by atoms with Crippen molar-refractivity contribution < 1.29 is 13.8 Å². The summed E-state index contributed by atoms with van der Waals surface area (Å²) in [4.78, 5) is 15.7. The van der Waals surface area contributed by atoms with E-state index < -0.39 is 0 Å². The molecule has 18 heavy (non-hydrogen) atoms. The molecular formula is C12H27N5O+2. The number of nitrogens with two attached hydrogens (primary N) is 1. The minimum Gasteiger partial charge on any atom is -0.390 e. The van der Waals surface area contributed by atoms with E-state index in [1.54, 1.807) is 0 Å². The Bertz CT molecular complexity index is 304. The molecule has 1 heterocycles. The fourth-order valence-electron chi connectivity index (χ4n) is 2.14. The molecule has 0 aromatic carbocycles. The zero-order chi connectivity index (χ0) is 13.6. The highest BCUT2D eigenvalue weighted by Crippen LogP contribution is 2.12. The number of piperazine rings is 1. The summed E-state index contributed by atoms with van der Waals surface area (Å²) in [5.74, 6) is 0.108. The largest absolute Gasteiger partial charge is 0.390 e. The van der Waals surface area contributed by atoms with E-state index in [9.17, 15) is 4.79 Å². The average molecular weight is 257 g/mol. The normalized spacial score (nSPS) is 21.9. The Balaban J connectivity index is 2.31. The van der Waals surface area contributed by atoms with Crippen LogP contribution in [0.15, 0.2) is 4.99 Å². The van der Waals surface area contributed by atoms with Crippen LogP contribution < -0.4 is 11.1 Å². The van der Waals surface area contributed by atoms with Crippen LogP contribution in [-0.4, -0.2) is 88.2 Å². The third kappa shape index (κ3) is 5.01. The van der Waals surface area contributed by atoms with E-state index in [4.69, 9.17) is 5.73 Å². The van der Waals surface area contributed by atoms with Crippen LogP contribution in [0.1, 0.15) is 0 Å². The Morgan fingerprint density at radius 2 is 1.89 bits per heavy atom. The van der Waals surface area contributed by atoms with Crippen LogP contribution in [0.25, 0.3) is 0 Å². The van der Waals surface area contributed by atoms with Gasteiger partial charge in [0, 0.05) is 6.54 Å². The van der Waals surface area contributed by atoms with Gasteiger partial charge in [0.25, 0.3) is 5.91 Å². The van der Waals surface area contributed by atoms with Gasteiger partial charge in [-0.05, 0) is 0 Å². The quantitative estimate of drug-likeness (QED) is 0.276. The maximum absolute atomic E-state index is 11.8. The molecule has 1 amide bonds. The predicted octanol–water partition coefficient (Wildman–Crippen LogP) is -1.37. The van der Waals surface area contributed by atoms with Gasteiger partial charge in [-0.2, -0.15) is 0 Å². The van der Waals surface area contributed by atoms with E-state index >= 15 is 0 Å². The zero-order valence-corrected chi connectivity index (χ0v) is 11.9. The van der Waals surface area contributed by atoms with Crippen molar-refractivity contribution in [3.05, 3.63) is 0 Å². The summed E-state index contributed by atoms with van der Waals surface area (Å²) in [7, 11) is 6.65. The van der Waals surface area contributed by atoms with Crippen LogP contribution in [0.3, 0.4) is 0 Å². The third-order valence-electron chi connectivity index (χ3n) is 3.68. The highest BCUT2D eigenvalue weighted by atomic mass is 16.2. The van der Waals surface area contributed by atoms with Crippen molar-refractivity contribution in [2.45, 2.75) is 0 Å². The van der Waals surface area contributed by atoms with E-state index in [1.807, 2.05) is 0 Å². The van der Waals surface area contributed by atoms with Crippen LogP contribution in [0.4, 0.5) is 0 Å². The van der Waals surface area contributed by atoms with Crippen molar-refractivity contribution in [3.8, 4) is 0 Å². The molecule has 0 aromatic rings. The van der Waals surface area contributed by atoms with Gasteiger partial charge in [-0.15, -0.1) is 0 Å². The lowest BCUT2D eigenvalue weighted by atomic mass is 10.2. The molecule has 104 valence electrons. The van der Waals surface area contributed by atoms with E-state index in [0.717, 1.165) is 35.1 Å². The highest BCUT2D eigenvalue weighted by Gasteiger charge is 2.35. The number of aliphatic imine (C=N–C) groups is 1. The third-order valence-corrected chi connectivity index (χ3v) is 3.68. The zero-order valence-electron chi connectivity index (χ0n) is 11.9. The maximum Gasteiger partial charge on any atom is 0.275 e. The van der Waals surface area contributed by atoms with Gasteiger partial charge in [-0.25, -0.2) is 0 Å². The second-order valence-electron chi connectivity index (χ2n) is 6.01. The first-order valence-corrected chi connectivity index (χ1v) is 6.49. The lowest BCUT2D eigenvalue weighted by Gasteiger charge is -2.44. The summed E-state index contributed by atoms with van der Waals surface area (Å²) in [6.07, 6.45) is 1.27. The van der Waals surface area contributed by atoms with Gasteiger partial charge in [0.15, 0.2) is 6.54 Å². The Kier molecular flexibility index (Phi) is 5.10. The molecule has 1 aliphatic rings. The summed E-state index contributed by atoms with van der Waals surface area (Å²) < 4.78 is 1.90. The molecule has 0 aliphatic carbocycles. The predicted molar refractivity (Wildman–Crippen MR) is 73.2 cm³/mol. The molecule has 0 atom stereocenters. The van der Waals surface area contributed by atoms with Crippen LogP contribution in [0.2, 0.25) is 0 Å². The first-order chi connectivity index (χ1) is 8.37. The summed E-state index contributed by atoms with van der Waals surface area (Å²) in [5, 5.41) is 2.88. The van der Waals surface area contributed by atoms with Gasteiger partial charge in [0.05, 0.1) is 34.0 Å². The Morgan fingerprint density at radius 1 is 1.28 bits per heavy atom. The number of likely N-dealkylation sites (N-methyl/N-ethyl adjacent to an activating group) is 2. The van der Waals surface area contributed by atoms with Crippen LogP contribution >= 0.6 is 0 Å². The highest BCUT2D eigenvalue weighted by molar-refractivity contribution is 5.77. The Labute approximate surface area is 110 Å². The molecule has 0 saturated carbocycles. The standard InChI is InChI=1S/C12H26N5O/c1-16(2)6-8-17(3,9-7-16)10-12(18)15-5-4-14-11-13/h11H,4-10H2,1-3H3,(H2-,13,14,15,18)/q+1/p+1. The topological polar surface area (TPSA) is 67.5 Å². The van der Waals surface area contributed by atoms with Gasteiger partial charge >= 0.3 is 0 Å². The number of hydrogen-bond donors (Lipinski definition) is 2. The first-order valence-electron chi connectivity index (χ1n) is 6.49. The minimum absolute atomic E-state index is 0.108. The first kappa shape index (κ1) is 14.9. The molecule has 0 radical (unpaired) electrons. The number of quaternary nitrogens is 2. The molecule has 0 aromatic heterocycles. The van der Waals surface area contributed by atoms with Crippen molar-refractivity contribution in [2.75, 3.05) is 67.0 Å². The van der Waals surface area contributed by atoms with Crippen molar-refractivity contribution >= 4 is 12.2 Å². The number of rotatable bonds is 5. The molecule has 1 aliphatic heterocycles. The summed E-state index contributed by atoms with van der Waals surface area (Å²) >= 11 is 0. The fraction of sp³-hybridized carbons (Fsp3) is 0.833. The van der Waals surface area contributed by atoms with E-state index in [0.29, 0.717) is 19.6 Å². The number of amides is 1. The van der Waals surface area contributed by atoms with E-state index in [2.05, 4.69) is 31.5 Å². The number of hydrogen-bond acceptors (Lipinski definition) is 2. The maximum atomic E-state index is 11.8. The Morgan fingerprint density at radius 3 is 2.44 bits per heavy atom. The van der Waals surface area contributed by atoms with Gasteiger partial charge < -0.3 is 20.0 Å². The van der Waals surface area contributed by atoms with Crippen molar-refractivity contribution in [1.82, 2.24) is 5.32 Å². The second kappa shape index (κ2) is 6.15. The second-order valence-corrected chi connectivity index (χ2v) is 6.01. The molecule has 0 spiro atoms. The summed E-state index contributed by atoms with van der Waals surface area (Å²) in [5.41, 5.74) is 5.13. The van der Waals surface area contributed by atoms with Crippen LogP contribution in [0, 0.1) is 0 Å². The molecule has 3 N–H and O–H groups in total. The lowest BCUT2D eigenvalue weighted by molar-refractivity contribution is -1.00. The molecular weight excluding hydrogens is 230 g/mol. The van der Waals surface area contributed by atoms with E-state index in [1.165, 1.54) is 6.34 Å². The molecule has 0 unspecified atom stereocenters. The summed E-state index contributed by atoms with van der Waals surface area (Å²) in [6.45, 7) is 6.04. The van der Waals surface area contributed by atoms with Crippen molar-refractivity contribution in [1.29, 1.82) is 0 Å². The van der Waals surface area contributed by atoms with E-state index in [-0.39, 0.29) is 5.91 Å². The number of nitrogens with one attached hydrogen (secondary N) is 1. The van der Waals surface area contributed by atoms with Gasteiger partial charge in [0.2, 0.25) is 0 Å². The lowest BCUT2D eigenvalue weighted by Crippen LogP contribution is -2.64. The average Bonchev–Trinajstić information content (AvgIpc) is 2.29. The molecule has 6 heteroatoms. The monoisotopic (exact) mass is 257 g/mol. The smallest absolute Gasteiger partial charge is 0.275 e. The summed E-state index contributed by atoms with van der Waals surface area (Å²) in [6, 6.07) is 0. The van der Waals surface area contributed by atoms with Crippen LogP contribution in [0.5, 0.6) is 0 Å². The molecule has 1 rings (SSSR count). The SMILES string of the molecule is C[N+]1(C)CC[N+](C)(CC(=O)NCCN=CN)CC1. The Hall–Kier alpha value is -1.14. The van der Waals surface area contributed by atoms with Gasteiger partial charge in [0.1, 0.15) is 26.2 Å². The fourth-order valence-corrected chi connectivity index (χ4v) is 2.14. The number of nitrogens with zero attached hydrogens (tertiary/aromatic N) is 3. The molecule has 1 fully saturated rings. The van der Waals surface area contributed by atoms with Gasteiger partial charge in [-0.1, -0.05) is 0 Å². The molecule has 1 saturated heterocycles. The van der Waals surface area contributed by atoms with Gasteiger partial charge in [-0.3, -0.25) is 9.79 Å². The number of carbonyl (C=O) groups excluding carboxylic acids is 1. The van der Waals surface area contributed by atoms with Crippen LogP contribution in [-0.2, 0) is 4.79 Å². The minimum atomic E-state index is 0.108.